The van der Waals surface area contributed by atoms with Gasteiger partial charge >= 0.3 is 0 Å². The second-order valence-corrected chi connectivity index (χ2v) is 14.1. The van der Waals surface area contributed by atoms with Crippen molar-refractivity contribution in [3.63, 3.8) is 0 Å². The molecule has 0 saturated carbocycles. The minimum Gasteiger partial charge on any atom is -0.456 e. The van der Waals surface area contributed by atoms with Crippen molar-refractivity contribution in [2.75, 3.05) is 4.90 Å². The third-order valence-electron chi connectivity index (χ3n) is 11.0. The molecule has 258 valence electrons. The monoisotopic (exact) mass is 702 g/mol. The zero-order valence-electron chi connectivity index (χ0n) is 29.9. The summed E-state index contributed by atoms with van der Waals surface area (Å²) in [5, 5.41) is 7.06. The molecule has 2 aromatic heterocycles. The van der Waals surface area contributed by atoms with Crippen LogP contribution in [0.2, 0.25) is 0 Å². The maximum Gasteiger partial charge on any atom is 0.137 e. The lowest BCUT2D eigenvalue weighted by atomic mass is 9.90. The van der Waals surface area contributed by atoms with Crippen LogP contribution in [0.15, 0.2) is 211 Å². The minimum absolute atomic E-state index is 0.855. The smallest absolute Gasteiger partial charge is 0.137 e. The summed E-state index contributed by atoms with van der Waals surface area (Å²) < 4.78 is 8.97. The molecule has 0 bridgehead atoms. The first kappa shape index (κ1) is 31.2. The van der Waals surface area contributed by atoms with Gasteiger partial charge in [-0.3, -0.25) is 0 Å². The Kier molecular flexibility index (Phi) is 7.17. The van der Waals surface area contributed by atoms with E-state index in [1.807, 2.05) is 12.1 Å². The van der Waals surface area contributed by atoms with E-state index in [9.17, 15) is 0 Å². The molecule has 0 aliphatic heterocycles. The molecule has 0 spiro atoms. The maximum atomic E-state index is 6.55. The van der Waals surface area contributed by atoms with Crippen LogP contribution in [0.5, 0.6) is 0 Å². The molecule has 0 aliphatic carbocycles. The lowest BCUT2D eigenvalue weighted by Crippen LogP contribution is -2.13. The Balaban J connectivity index is 1.25. The van der Waals surface area contributed by atoms with Crippen molar-refractivity contribution < 1.29 is 4.42 Å². The van der Waals surface area contributed by atoms with Gasteiger partial charge in [0, 0.05) is 44.5 Å². The van der Waals surface area contributed by atoms with Crippen molar-refractivity contribution in [1.29, 1.82) is 0 Å². The molecular formula is C52H34N2O. The topological polar surface area (TPSA) is 21.3 Å². The number of fused-ring (bicyclic) bond motifs is 7. The van der Waals surface area contributed by atoms with Crippen LogP contribution in [0, 0.1) is 0 Å². The highest BCUT2D eigenvalue weighted by Gasteiger charge is 2.25. The molecule has 0 unspecified atom stereocenters. The summed E-state index contributed by atoms with van der Waals surface area (Å²) in [5.41, 5.74) is 13.0. The summed E-state index contributed by atoms with van der Waals surface area (Å²) in [5.74, 6) is 0. The molecule has 0 saturated heterocycles. The van der Waals surface area contributed by atoms with Gasteiger partial charge < -0.3 is 13.9 Å². The zero-order valence-corrected chi connectivity index (χ0v) is 29.9. The number of para-hydroxylation sites is 5. The van der Waals surface area contributed by atoms with Gasteiger partial charge in [-0.2, -0.15) is 0 Å². The van der Waals surface area contributed by atoms with Gasteiger partial charge in [0.15, 0.2) is 0 Å². The van der Waals surface area contributed by atoms with Gasteiger partial charge in [0.2, 0.25) is 0 Å². The Labute approximate surface area is 318 Å². The summed E-state index contributed by atoms with van der Waals surface area (Å²) in [7, 11) is 0. The molecule has 0 radical (unpaired) electrons. The van der Waals surface area contributed by atoms with Crippen LogP contribution < -0.4 is 4.90 Å². The largest absolute Gasteiger partial charge is 0.456 e. The lowest BCUT2D eigenvalue weighted by molar-refractivity contribution is 0.669. The van der Waals surface area contributed by atoms with Crippen LogP contribution in [-0.4, -0.2) is 4.57 Å². The molecule has 0 fully saturated rings. The van der Waals surface area contributed by atoms with Crippen LogP contribution in [-0.2, 0) is 0 Å². The van der Waals surface area contributed by atoms with Crippen molar-refractivity contribution in [3.8, 4) is 27.9 Å². The van der Waals surface area contributed by atoms with Crippen molar-refractivity contribution >= 4 is 71.6 Å². The fourth-order valence-corrected chi connectivity index (χ4v) is 8.61. The Bertz CT molecular complexity index is 3200. The summed E-state index contributed by atoms with van der Waals surface area (Å²) in [6.45, 7) is 0. The molecule has 2 heterocycles. The summed E-state index contributed by atoms with van der Waals surface area (Å²) in [6.07, 6.45) is 0. The van der Waals surface area contributed by atoms with E-state index in [-0.39, 0.29) is 0 Å². The van der Waals surface area contributed by atoms with Crippen molar-refractivity contribution in [1.82, 2.24) is 4.57 Å². The van der Waals surface area contributed by atoms with Gasteiger partial charge in [-0.25, -0.2) is 0 Å². The predicted octanol–water partition coefficient (Wildman–Crippen LogP) is 14.6. The maximum absolute atomic E-state index is 6.55. The fraction of sp³-hybridized carbons (Fsp3) is 0. The fourth-order valence-electron chi connectivity index (χ4n) is 8.61. The van der Waals surface area contributed by atoms with Crippen molar-refractivity contribution in [3.05, 3.63) is 206 Å². The highest BCUT2D eigenvalue weighted by molar-refractivity contribution is 6.16. The summed E-state index contributed by atoms with van der Waals surface area (Å²) >= 11 is 0. The van der Waals surface area contributed by atoms with E-state index in [1.165, 1.54) is 43.8 Å². The molecule has 0 atom stereocenters. The molecule has 9 aromatic carbocycles. The molecule has 0 N–H and O–H groups in total. The second-order valence-electron chi connectivity index (χ2n) is 14.1. The lowest BCUT2D eigenvalue weighted by Gasteiger charge is -2.29. The number of hydrogen-bond donors (Lipinski definition) is 0. The van der Waals surface area contributed by atoms with E-state index in [0.717, 1.165) is 55.8 Å². The van der Waals surface area contributed by atoms with Gasteiger partial charge in [0.1, 0.15) is 11.2 Å². The first-order valence-electron chi connectivity index (χ1n) is 18.8. The standard InChI is InChI=1S/C52H34N2O/c1-3-16-35(17-4-1)39-25-13-18-36-19-14-26-44(51(36)39)40-22-7-10-28-46(40)53(38-32-33-43-42-24-9-12-31-49(42)55-50(43)34-38)48-30-15-27-45-41-23-8-11-29-47(41)54(52(45)48)37-20-5-2-6-21-37/h1-34H. The first-order valence-corrected chi connectivity index (χ1v) is 18.8. The normalized spacial score (nSPS) is 11.6. The molecule has 0 amide bonds. The van der Waals surface area contributed by atoms with E-state index in [1.54, 1.807) is 0 Å². The summed E-state index contributed by atoms with van der Waals surface area (Å²) in [6, 6.07) is 74.0. The number of anilines is 3. The highest BCUT2D eigenvalue weighted by Crippen LogP contribution is 2.48. The van der Waals surface area contributed by atoms with Gasteiger partial charge in [0.25, 0.3) is 0 Å². The zero-order chi connectivity index (χ0) is 36.3. The average Bonchev–Trinajstić information content (AvgIpc) is 3.80. The molecule has 11 rings (SSSR count). The van der Waals surface area contributed by atoms with Crippen LogP contribution >= 0.6 is 0 Å². The number of nitrogens with zero attached hydrogens (tertiary/aromatic N) is 2. The number of hydrogen-bond acceptors (Lipinski definition) is 2. The quantitative estimate of drug-likeness (QED) is 0.172. The Morgan fingerprint density at radius 3 is 1.87 bits per heavy atom. The molecule has 0 aliphatic rings. The third-order valence-corrected chi connectivity index (χ3v) is 11.0. The van der Waals surface area contributed by atoms with Crippen molar-refractivity contribution in [2.24, 2.45) is 0 Å². The number of benzene rings is 9. The van der Waals surface area contributed by atoms with E-state index in [2.05, 4.69) is 204 Å². The molecule has 3 nitrogen and oxygen atoms in total. The number of furan rings is 1. The van der Waals surface area contributed by atoms with E-state index >= 15 is 0 Å². The Morgan fingerprint density at radius 2 is 1.02 bits per heavy atom. The predicted molar refractivity (Wildman–Crippen MR) is 231 cm³/mol. The van der Waals surface area contributed by atoms with Crippen LogP contribution in [0.3, 0.4) is 0 Å². The van der Waals surface area contributed by atoms with Crippen LogP contribution in [0.4, 0.5) is 17.1 Å². The molecule has 3 heteroatoms. The second kappa shape index (κ2) is 12.6. The molecule has 55 heavy (non-hydrogen) atoms. The van der Waals surface area contributed by atoms with Gasteiger partial charge in [-0.15, -0.1) is 0 Å². The Morgan fingerprint density at radius 1 is 0.400 bits per heavy atom. The van der Waals surface area contributed by atoms with Crippen LogP contribution in [0.1, 0.15) is 0 Å². The summed E-state index contributed by atoms with van der Waals surface area (Å²) in [4.78, 5) is 2.44. The first-order chi connectivity index (χ1) is 27.3. The van der Waals surface area contributed by atoms with Gasteiger partial charge in [-0.1, -0.05) is 152 Å². The van der Waals surface area contributed by atoms with Gasteiger partial charge in [-0.05, 0) is 76.0 Å². The highest BCUT2D eigenvalue weighted by atomic mass is 16.3. The average molecular weight is 703 g/mol. The number of rotatable bonds is 6. The van der Waals surface area contributed by atoms with Crippen LogP contribution in [0.25, 0.3) is 82.5 Å². The minimum atomic E-state index is 0.855. The third kappa shape index (κ3) is 4.98. The van der Waals surface area contributed by atoms with Crippen molar-refractivity contribution in [2.45, 2.75) is 0 Å². The van der Waals surface area contributed by atoms with Gasteiger partial charge in [0.05, 0.1) is 22.4 Å². The SMILES string of the molecule is c1ccc(-c2cccc3cccc(-c4ccccc4N(c4ccc5c(c4)oc4ccccc45)c4cccc5c6ccccc6n(-c6ccccc6)c45)c23)cc1. The van der Waals surface area contributed by atoms with E-state index in [4.69, 9.17) is 4.42 Å². The number of aromatic nitrogens is 1. The Hall–Kier alpha value is -7.36. The van der Waals surface area contributed by atoms with E-state index in [0.29, 0.717) is 0 Å². The van der Waals surface area contributed by atoms with E-state index < -0.39 is 0 Å². The molecular weight excluding hydrogens is 669 g/mol. The molecule has 11 aromatic rings.